The number of hydrogen-bond acceptors (Lipinski definition) is 3. The molecular weight excluding hydrogens is 187 g/mol. The van der Waals surface area contributed by atoms with Gasteiger partial charge in [0.2, 0.25) is 0 Å². The summed E-state index contributed by atoms with van der Waals surface area (Å²) >= 11 is 0. The van der Waals surface area contributed by atoms with Gasteiger partial charge in [-0.15, -0.1) is 0 Å². The first-order chi connectivity index (χ1) is 5.18. The van der Waals surface area contributed by atoms with Crippen LogP contribution in [-0.4, -0.2) is 27.8 Å². The van der Waals surface area contributed by atoms with E-state index in [1.165, 1.54) is 7.11 Å². The highest BCUT2D eigenvalue weighted by atomic mass is 31.2. The van der Waals surface area contributed by atoms with E-state index in [0.29, 0.717) is 5.57 Å². The van der Waals surface area contributed by atoms with Gasteiger partial charge in [-0.1, -0.05) is 6.58 Å². The Morgan fingerprint density at radius 3 is 1.67 bits per heavy atom. The zero-order valence-electron chi connectivity index (χ0n) is 6.72. The summed E-state index contributed by atoms with van der Waals surface area (Å²) in [6.07, 6.45) is 0. The fourth-order valence-corrected chi connectivity index (χ4v) is 0.174. The first-order valence-electron chi connectivity index (χ1n) is 2.70. The third-order valence-electron chi connectivity index (χ3n) is 0.534. The van der Waals surface area contributed by atoms with Crippen LogP contribution in [0.3, 0.4) is 0 Å². The lowest BCUT2D eigenvalue weighted by atomic mass is 10.4. The summed E-state index contributed by atoms with van der Waals surface area (Å²) in [5, 5.41) is 0. The summed E-state index contributed by atoms with van der Waals surface area (Å²) in [6.45, 7) is 4.95. The smallest absolute Gasteiger partial charge is 0.466 e. The van der Waals surface area contributed by atoms with Crippen molar-refractivity contribution in [2.45, 2.75) is 6.92 Å². The number of carbonyl (C=O) groups is 1. The second-order valence-corrected chi connectivity index (χ2v) is 2.81. The van der Waals surface area contributed by atoms with Crippen molar-refractivity contribution in [3.8, 4) is 0 Å². The maximum atomic E-state index is 10.2. The van der Waals surface area contributed by atoms with E-state index < -0.39 is 7.82 Å². The van der Waals surface area contributed by atoms with Gasteiger partial charge in [-0.3, -0.25) is 0 Å². The molecular formula is C5H11O6P. The third-order valence-corrected chi connectivity index (χ3v) is 0.534. The minimum atomic E-state index is -4.64. The van der Waals surface area contributed by atoms with E-state index >= 15 is 0 Å². The molecule has 0 unspecified atom stereocenters. The maximum Gasteiger partial charge on any atom is 0.466 e. The van der Waals surface area contributed by atoms with Crippen molar-refractivity contribution in [1.82, 2.24) is 0 Å². The average Bonchev–Trinajstić information content (AvgIpc) is 1.82. The van der Waals surface area contributed by atoms with Gasteiger partial charge in [0.15, 0.2) is 0 Å². The van der Waals surface area contributed by atoms with Crippen LogP contribution in [-0.2, 0) is 14.1 Å². The Labute approximate surface area is 69.7 Å². The number of phosphoric acid groups is 1. The molecule has 0 aromatic rings. The van der Waals surface area contributed by atoms with Gasteiger partial charge in [0, 0.05) is 5.57 Å². The van der Waals surface area contributed by atoms with E-state index in [0.717, 1.165) is 0 Å². The second kappa shape index (κ2) is 5.91. The normalized spacial score (nSPS) is 9.42. The maximum absolute atomic E-state index is 10.2. The van der Waals surface area contributed by atoms with Crippen molar-refractivity contribution in [3.05, 3.63) is 12.2 Å². The first-order valence-corrected chi connectivity index (χ1v) is 4.27. The monoisotopic (exact) mass is 198 g/mol. The number of rotatable bonds is 1. The Balaban J connectivity index is 0. The standard InChI is InChI=1S/C5H8O2.H3O4P/c1-4(2)5(6)7-3;1-5(2,3)4/h1H2,2-3H3;(H3,1,2,3,4). The molecule has 0 amide bonds. The molecule has 0 spiro atoms. The molecule has 0 bridgehead atoms. The molecule has 7 heteroatoms. The number of methoxy groups -OCH3 is 1. The van der Waals surface area contributed by atoms with Crippen LogP contribution in [0.2, 0.25) is 0 Å². The molecule has 6 nitrogen and oxygen atoms in total. The molecule has 0 atom stereocenters. The van der Waals surface area contributed by atoms with Gasteiger partial charge >= 0.3 is 13.8 Å². The molecule has 0 saturated carbocycles. The summed E-state index contributed by atoms with van der Waals surface area (Å²) < 4.78 is 13.2. The number of hydrogen-bond donors (Lipinski definition) is 3. The zero-order valence-corrected chi connectivity index (χ0v) is 7.62. The minimum Gasteiger partial charge on any atom is -0.466 e. The van der Waals surface area contributed by atoms with Crippen LogP contribution in [0.4, 0.5) is 0 Å². The van der Waals surface area contributed by atoms with Crippen LogP contribution in [0, 0.1) is 0 Å². The third kappa shape index (κ3) is 22.8. The lowest BCUT2D eigenvalue weighted by Crippen LogP contribution is -1.98. The van der Waals surface area contributed by atoms with Crippen molar-refractivity contribution in [3.63, 3.8) is 0 Å². The quantitative estimate of drug-likeness (QED) is 0.306. The minimum absolute atomic E-state index is 0.347. The Hall–Kier alpha value is -0.680. The van der Waals surface area contributed by atoms with Gasteiger partial charge in [0.1, 0.15) is 0 Å². The van der Waals surface area contributed by atoms with Gasteiger partial charge in [-0.25, -0.2) is 9.36 Å². The lowest BCUT2D eigenvalue weighted by molar-refractivity contribution is -0.136. The lowest BCUT2D eigenvalue weighted by Gasteiger charge is -1.91. The summed E-state index contributed by atoms with van der Waals surface area (Å²) in [4.78, 5) is 31.8. The highest BCUT2D eigenvalue weighted by molar-refractivity contribution is 7.45. The predicted molar refractivity (Wildman–Crippen MR) is 41.1 cm³/mol. The molecule has 0 aromatic heterocycles. The van der Waals surface area contributed by atoms with Gasteiger partial charge < -0.3 is 19.4 Å². The molecule has 0 aromatic carbocycles. The van der Waals surface area contributed by atoms with Crippen LogP contribution in [0.25, 0.3) is 0 Å². The molecule has 3 N–H and O–H groups in total. The second-order valence-electron chi connectivity index (χ2n) is 1.79. The number of ether oxygens (including phenoxy) is 1. The Morgan fingerprint density at radius 1 is 1.42 bits per heavy atom. The van der Waals surface area contributed by atoms with Gasteiger partial charge in [-0.2, -0.15) is 0 Å². The van der Waals surface area contributed by atoms with Crippen molar-refractivity contribution >= 4 is 13.8 Å². The van der Waals surface area contributed by atoms with E-state index in [1.807, 2.05) is 0 Å². The largest absolute Gasteiger partial charge is 0.466 e. The van der Waals surface area contributed by atoms with Crippen molar-refractivity contribution < 1.29 is 28.8 Å². The molecule has 0 rings (SSSR count). The highest BCUT2D eigenvalue weighted by Crippen LogP contribution is 2.25. The van der Waals surface area contributed by atoms with Crippen molar-refractivity contribution in [2.24, 2.45) is 0 Å². The fraction of sp³-hybridized carbons (Fsp3) is 0.400. The molecule has 0 aliphatic rings. The van der Waals surface area contributed by atoms with E-state index in [-0.39, 0.29) is 5.97 Å². The van der Waals surface area contributed by atoms with E-state index in [9.17, 15) is 4.79 Å². The van der Waals surface area contributed by atoms with Crippen molar-refractivity contribution in [1.29, 1.82) is 0 Å². The Kier molecular flexibility index (Phi) is 6.83. The molecule has 0 radical (unpaired) electrons. The Morgan fingerprint density at radius 2 is 1.67 bits per heavy atom. The molecule has 12 heavy (non-hydrogen) atoms. The first kappa shape index (κ1) is 13.9. The van der Waals surface area contributed by atoms with Crippen LogP contribution in [0.15, 0.2) is 12.2 Å². The SMILES string of the molecule is C=C(C)C(=O)OC.O=P(O)(O)O. The van der Waals surface area contributed by atoms with Crippen LogP contribution >= 0.6 is 7.82 Å². The van der Waals surface area contributed by atoms with Gasteiger partial charge in [0.05, 0.1) is 7.11 Å². The molecule has 0 saturated heterocycles. The fourth-order valence-electron chi connectivity index (χ4n) is 0.174. The average molecular weight is 198 g/mol. The van der Waals surface area contributed by atoms with Gasteiger partial charge in [0.25, 0.3) is 0 Å². The summed E-state index contributed by atoms with van der Waals surface area (Å²) in [5.74, 6) is -0.347. The number of esters is 1. The molecule has 0 fully saturated rings. The van der Waals surface area contributed by atoms with Crippen LogP contribution in [0.5, 0.6) is 0 Å². The van der Waals surface area contributed by atoms with Crippen molar-refractivity contribution in [2.75, 3.05) is 7.11 Å². The van der Waals surface area contributed by atoms with Crippen LogP contribution < -0.4 is 0 Å². The summed E-state index contributed by atoms with van der Waals surface area (Å²) in [6, 6.07) is 0. The van der Waals surface area contributed by atoms with E-state index in [4.69, 9.17) is 19.2 Å². The molecule has 0 aliphatic heterocycles. The zero-order chi connectivity index (χ0) is 10.4. The summed E-state index contributed by atoms with van der Waals surface area (Å²) in [5.41, 5.74) is 0.433. The van der Waals surface area contributed by atoms with Gasteiger partial charge in [-0.05, 0) is 6.92 Å². The Bertz CT molecular complexity index is 196. The van der Waals surface area contributed by atoms with E-state index in [1.54, 1.807) is 6.92 Å². The number of carbonyl (C=O) groups excluding carboxylic acids is 1. The molecule has 0 aliphatic carbocycles. The highest BCUT2D eigenvalue weighted by Gasteiger charge is 2.00. The summed E-state index contributed by atoms with van der Waals surface area (Å²) in [7, 11) is -3.31. The topological polar surface area (TPSA) is 104 Å². The van der Waals surface area contributed by atoms with Crippen LogP contribution in [0.1, 0.15) is 6.92 Å². The molecule has 72 valence electrons. The predicted octanol–water partition coefficient (Wildman–Crippen LogP) is -0.193. The molecule has 0 heterocycles. The van der Waals surface area contributed by atoms with E-state index in [2.05, 4.69) is 11.3 Å².